The van der Waals surface area contributed by atoms with Crippen LogP contribution in [0.25, 0.3) is 0 Å². The SMILES string of the molecule is CC.CC.CC.CN1CCC2CCC(O)C(C)(C)C21.COc1ccccc1OC. The zero-order chi connectivity index (χ0) is 23.0. The summed E-state index contributed by atoms with van der Waals surface area (Å²) in [5.74, 6) is 2.37. The fraction of sp³-hybridized carbons (Fsp3) is 0.760. The highest BCUT2D eigenvalue weighted by Gasteiger charge is 2.48. The molecule has 0 radical (unpaired) electrons. The molecule has 0 spiro atoms. The van der Waals surface area contributed by atoms with Crippen molar-refractivity contribution in [1.29, 1.82) is 0 Å². The molecule has 1 aliphatic heterocycles. The van der Waals surface area contributed by atoms with Crippen LogP contribution >= 0.6 is 0 Å². The molecule has 1 heterocycles. The summed E-state index contributed by atoms with van der Waals surface area (Å²) < 4.78 is 10.0. The largest absolute Gasteiger partial charge is 0.493 e. The second kappa shape index (κ2) is 16.5. The van der Waals surface area contributed by atoms with E-state index in [9.17, 15) is 5.11 Å². The van der Waals surface area contributed by atoms with Crippen LogP contribution < -0.4 is 9.47 Å². The van der Waals surface area contributed by atoms with Crippen molar-refractivity contribution in [2.24, 2.45) is 11.3 Å². The Morgan fingerprint density at radius 3 is 1.72 bits per heavy atom. The molecular weight excluding hydrogens is 362 g/mol. The Hall–Kier alpha value is -1.26. The van der Waals surface area contributed by atoms with Crippen molar-refractivity contribution in [3.05, 3.63) is 24.3 Å². The number of hydrogen-bond acceptors (Lipinski definition) is 4. The van der Waals surface area contributed by atoms with Gasteiger partial charge in [0.2, 0.25) is 0 Å². The predicted octanol–water partition coefficient (Wildman–Crippen LogP) is 6.27. The van der Waals surface area contributed by atoms with Gasteiger partial charge in [-0.3, -0.25) is 0 Å². The van der Waals surface area contributed by atoms with E-state index < -0.39 is 0 Å². The number of aliphatic hydroxyl groups is 1. The Morgan fingerprint density at radius 2 is 1.31 bits per heavy atom. The van der Waals surface area contributed by atoms with Gasteiger partial charge < -0.3 is 19.5 Å². The fourth-order valence-electron chi connectivity index (χ4n) is 4.23. The maximum atomic E-state index is 9.98. The summed E-state index contributed by atoms with van der Waals surface area (Å²) in [6.07, 6.45) is 3.45. The normalized spacial score (nSPS) is 23.8. The number of hydrogen-bond donors (Lipinski definition) is 1. The smallest absolute Gasteiger partial charge is 0.160 e. The Morgan fingerprint density at radius 1 is 0.862 bits per heavy atom. The summed E-state index contributed by atoms with van der Waals surface area (Å²) in [6.45, 7) is 17.7. The number of rotatable bonds is 2. The molecule has 4 nitrogen and oxygen atoms in total. The first-order valence-electron chi connectivity index (χ1n) is 11.5. The average molecular weight is 412 g/mol. The zero-order valence-electron chi connectivity index (χ0n) is 21.1. The zero-order valence-corrected chi connectivity index (χ0v) is 21.1. The third-order valence-corrected chi connectivity index (χ3v) is 5.49. The third kappa shape index (κ3) is 8.55. The number of fused-ring (bicyclic) bond motifs is 1. The van der Waals surface area contributed by atoms with Crippen molar-refractivity contribution in [3.63, 3.8) is 0 Å². The maximum absolute atomic E-state index is 9.98. The first kappa shape index (κ1) is 29.9. The van der Waals surface area contributed by atoms with Crippen LogP contribution in [-0.4, -0.2) is 50.0 Å². The van der Waals surface area contributed by atoms with Gasteiger partial charge in [0.1, 0.15) is 0 Å². The van der Waals surface area contributed by atoms with Crippen molar-refractivity contribution >= 4 is 0 Å². The van der Waals surface area contributed by atoms with Crippen molar-refractivity contribution < 1.29 is 14.6 Å². The van der Waals surface area contributed by atoms with Gasteiger partial charge in [0, 0.05) is 11.5 Å². The van der Waals surface area contributed by atoms with E-state index in [2.05, 4.69) is 25.8 Å². The van der Waals surface area contributed by atoms with Crippen LogP contribution in [0, 0.1) is 11.3 Å². The van der Waals surface area contributed by atoms with E-state index in [1.54, 1.807) is 14.2 Å². The molecule has 1 saturated carbocycles. The minimum atomic E-state index is -0.103. The summed E-state index contributed by atoms with van der Waals surface area (Å²) in [7, 11) is 5.44. The van der Waals surface area contributed by atoms with E-state index in [4.69, 9.17) is 9.47 Å². The predicted molar refractivity (Wildman–Crippen MR) is 127 cm³/mol. The second-order valence-corrected chi connectivity index (χ2v) is 7.24. The standard InChI is InChI=1S/C11H21NO.C8H10O2.3C2H6/c1-11(2)9(13)5-4-8-6-7-12(3)10(8)11;1-9-7-5-3-4-6-8(7)10-2;3*1-2/h8-10,13H,4-7H2,1-3H3;3-6H,1-2H3;3*1-2H3. The van der Waals surface area contributed by atoms with Gasteiger partial charge in [-0.15, -0.1) is 0 Å². The Bertz CT molecular complexity index is 482. The highest BCUT2D eigenvalue weighted by molar-refractivity contribution is 5.39. The Balaban J connectivity index is 0. The van der Waals surface area contributed by atoms with Crippen LogP contribution in [0.2, 0.25) is 0 Å². The molecule has 1 aliphatic carbocycles. The molecule has 0 aromatic heterocycles. The van der Waals surface area contributed by atoms with Crippen molar-refractivity contribution in [1.82, 2.24) is 4.90 Å². The molecule has 1 saturated heterocycles. The van der Waals surface area contributed by atoms with Gasteiger partial charge >= 0.3 is 0 Å². The van der Waals surface area contributed by atoms with Crippen LogP contribution in [0.15, 0.2) is 24.3 Å². The molecule has 3 rings (SSSR count). The Kier molecular flexibility index (Phi) is 17.1. The van der Waals surface area contributed by atoms with E-state index in [1.807, 2.05) is 65.8 Å². The monoisotopic (exact) mass is 411 g/mol. The second-order valence-electron chi connectivity index (χ2n) is 7.24. The average Bonchev–Trinajstić information content (AvgIpc) is 3.17. The van der Waals surface area contributed by atoms with Crippen LogP contribution in [-0.2, 0) is 0 Å². The lowest BCUT2D eigenvalue weighted by Gasteiger charge is -2.46. The maximum Gasteiger partial charge on any atom is 0.160 e. The lowest BCUT2D eigenvalue weighted by Crippen LogP contribution is -2.52. The van der Waals surface area contributed by atoms with E-state index in [0.717, 1.165) is 23.8 Å². The number of nitrogens with zero attached hydrogens (tertiary/aromatic N) is 1. The number of para-hydroxylation sites is 2. The van der Waals surface area contributed by atoms with E-state index in [1.165, 1.54) is 19.4 Å². The van der Waals surface area contributed by atoms with E-state index >= 15 is 0 Å². The lowest BCUT2D eigenvalue weighted by molar-refractivity contribution is -0.0508. The van der Waals surface area contributed by atoms with Gasteiger partial charge in [-0.1, -0.05) is 67.5 Å². The van der Waals surface area contributed by atoms with Crippen LogP contribution in [0.4, 0.5) is 0 Å². The van der Waals surface area contributed by atoms with E-state index in [0.29, 0.717) is 6.04 Å². The van der Waals surface area contributed by atoms with Crippen LogP contribution in [0.3, 0.4) is 0 Å². The highest BCUT2D eigenvalue weighted by atomic mass is 16.5. The van der Waals surface area contributed by atoms with Gasteiger partial charge in [-0.2, -0.15) is 0 Å². The number of ether oxygens (including phenoxy) is 2. The van der Waals surface area contributed by atoms with Gasteiger partial charge in [0.15, 0.2) is 11.5 Å². The van der Waals surface area contributed by atoms with Crippen LogP contribution in [0.5, 0.6) is 11.5 Å². The summed E-state index contributed by atoms with van der Waals surface area (Å²) in [6, 6.07) is 8.14. The molecule has 2 aliphatic rings. The van der Waals surface area contributed by atoms with E-state index in [-0.39, 0.29) is 11.5 Å². The summed E-state index contributed by atoms with van der Waals surface area (Å²) in [5.41, 5.74) is 0.0914. The molecule has 1 aromatic carbocycles. The van der Waals surface area contributed by atoms with Gasteiger partial charge in [-0.25, -0.2) is 0 Å². The lowest BCUT2D eigenvalue weighted by atomic mass is 9.66. The molecule has 3 unspecified atom stereocenters. The van der Waals surface area contributed by atoms with Crippen molar-refractivity contribution in [3.8, 4) is 11.5 Å². The van der Waals surface area contributed by atoms with Gasteiger partial charge in [0.25, 0.3) is 0 Å². The van der Waals surface area contributed by atoms with Crippen molar-refractivity contribution in [2.45, 2.75) is 86.8 Å². The summed E-state index contributed by atoms with van der Waals surface area (Å²) in [5, 5.41) is 9.98. The number of likely N-dealkylation sites (tertiary alicyclic amines) is 1. The van der Waals surface area contributed by atoms with Gasteiger partial charge in [-0.05, 0) is 50.9 Å². The minimum Gasteiger partial charge on any atom is -0.493 e. The third-order valence-electron chi connectivity index (χ3n) is 5.49. The first-order chi connectivity index (χ1) is 13.9. The highest BCUT2D eigenvalue weighted by Crippen LogP contribution is 2.46. The molecular formula is C25H49NO3. The number of methoxy groups -OCH3 is 2. The fourth-order valence-corrected chi connectivity index (χ4v) is 4.23. The molecule has 29 heavy (non-hydrogen) atoms. The molecule has 1 aromatic rings. The summed E-state index contributed by atoms with van der Waals surface area (Å²) in [4.78, 5) is 2.44. The molecule has 2 fully saturated rings. The molecule has 4 heteroatoms. The first-order valence-corrected chi connectivity index (χ1v) is 11.5. The van der Waals surface area contributed by atoms with Gasteiger partial charge in [0.05, 0.1) is 20.3 Å². The minimum absolute atomic E-state index is 0.0914. The van der Waals surface area contributed by atoms with Crippen LogP contribution in [0.1, 0.15) is 74.7 Å². The molecule has 3 atom stereocenters. The Labute approximate surface area is 181 Å². The summed E-state index contributed by atoms with van der Waals surface area (Å²) >= 11 is 0. The molecule has 1 N–H and O–H groups in total. The van der Waals surface area contributed by atoms with Crippen molar-refractivity contribution in [2.75, 3.05) is 27.8 Å². The number of aliphatic hydroxyl groups excluding tert-OH is 1. The topological polar surface area (TPSA) is 41.9 Å². The molecule has 0 amide bonds. The number of benzene rings is 1. The molecule has 0 bridgehead atoms. The molecule has 172 valence electrons. The quantitative estimate of drug-likeness (QED) is 0.623.